The van der Waals surface area contributed by atoms with Crippen molar-refractivity contribution in [2.45, 2.75) is 26.2 Å². The molecule has 0 spiro atoms. The zero-order valence-electron chi connectivity index (χ0n) is 8.83. The molecule has 0 radical (unpaired) electrons. The van der Waals surface area contributed by atoms with Gasteiger partial charge < -0.3 is 0 Å². The Labute approximate surface area is 121 Å². The molecule has 1 rings (SSSR count). The Morgan fingerprint density at radius 3 is 2.13 bits per heavy atom. The molecule has 0 aliphatic carbocycles. The van der Waals surface area contributed by atoms with Gasteiger partial charge in [-0.15, -0.1) is 24.8 Å². The Morgan fingerprint density at radius 1 is 1.20 bits per heavy atom. The summed E-state index contributed by atoms with van der Waals surface area (Å²) in [6.45, 7) is 6.45. The van der Waals surface area contributed by atoms with Crippen LogP contribution in [0.5, 0.6) is 5.75 Å². The van der Waals surface area contributed by atoms with E-state index in [-0.39, 0.29) is 30.2 Å². The van der Waals surface area contributed by atoms with Gasteiger partial charge in [-0.25, -0.2) is 0 Å². The number of hydrogen-bond acceptors (Lipinski definition) is 1. The van der Waals surface area contributed by atoms with E-state index < -0.39 is 0 Å². The molecule has 0 aromatic heterocycles. The van der Waals surface area contributed by atoms with Crippen molar-refractivity contribution in [3.05, 3.63) is 28.8 Å². The molecule has 1 aromatic carbocycles. The fourth-order valence-electron chi connectivity index (χ4n) is 1.20. The van der Waals surface area contributed by atoms with E-state index in [2.05, 4.69) is 20.8 Å². The van der Waals surface area contributed by atoms with Crippen molar-refractivity contribution in [3.63, 3.8) is 0 Å². The molecule has 0 atom stereocenters. The van der Waals surface area contributed by atoms with E-state index in [0.717, 1.165) is 5.75 Å². The first-order valence-corrected chi connectivity index (χ1v) is 5.10. The molecule has 0 unspecified atom stereocenters. The van der Waals surface area contributed by atoms with E-state index in [0.29, 0.717) is 5.02 Å². The summed E-state index contributed by atoms with van der Waals surface area (Å²) in [4.78, 5) is 0. The first kappa shape index (κ1) is 18.0. The van der Waals surface area contributed by atoms with Gasteiger partial charge in [-0.2, -0.15) is 0 Å². The van der Waals surface area contributed by atoms with E-state index in [9.17, 15) is 0 Å². The van der Waals surface area contributed by atoms with Crippen molar-refractivity contribution in [3.8, 4) is 5.75 Å². The number of hydrogen-bond donors (Lipinski definition) is 0. The maximum Gasteiger partial charge on any atom is -0.147 e. The molecule has 1 aromatic rings. The molecule has 1 nitrogen and oxygen atoms in total. The molecule has 0 heterocycles. The van der Waals surface area contributed by atoms with Crippen LogP contribution in [0.25, 0.3) is 0 Å². The summed E-state index contributed by atoms with van der Waals surface area (Å²) in [7, 11) is 0. The summed E-state index contributed by atoms with van der Waals surface area (Å²) < 4.78 is 5.27. The Balaban J connectivity index is 0. The third-order valence-corrected chi connectivity index (χ3v) is 2.44. The number of rotatable bonds is 1. The molecular formula is C10H14Cl3OTi. The van der Waals surface area contributed by atoms with E-state index in [1.165, 1.54) is 5.56 Å². The van der Waals surface area contributed by atoms with Crippen LogP contribution in [-0.4, -0.2) is 0 Å². The summed E-state index contributed by atoms with van der Waals surface area (Å²) in [5, 5.41) is 0.713. The fourth-order valence-corrected chi connectivity index (χ4v) is 1.63. The summed E-state index contributed by atoms with van der Waals surface area (Å²) in [5.41, 5.74) is 1.27. The van der Waals surface area contributed by atoms with Gasteiger partial charge in [0.25, 0.3) is 0 Å². The van der Waals surface area contributed by atoms with Crippen molar-refractivity contribution in [1.82, 2.24) is 0 Å². The van der Waals surface area contributed by atoms with Crippen LogP contribution in [0.1, 0.15) is 26.3 Å². The summed E-state index contributed by atoms with van der Waals surface area (Å²) >= 11 is 7.53. The van der Waals surface area contributed by atoms with Gasteiger partial charge >= 0.3 is 96.5 Å². The normalized spacial score (nSPS) is 9.80. The van der Waals surface area contributed by atoms with Crippen LogP contribution >= 0.6 is 36.4 Å². The standard InChI is InChI=1S/C10H13ClO.2ClH.Ti/c1-10(2,3)8-5-4-7(11)6-9(8)12;;;/h4-6,12H,1-3H3;2*1H;/q;;;+1/p-1. The molecule has 85 valence electrons. The molecule has 15 heavy (non-hydrogen) atoms. The van der Waals surface area contributed by atoms with E-state index >= 15 is 0 Å². The van der Waals surface area contributed by atoms with Gasteiger partial charge in [0.1, 0.15) is 0 Å². The van der Waals surface area contributed by atoms with Crippen LogP contribution in [-0.2, 0) is 26.2 Å². The SMILES string of the molecule is CC(C)(C)c1ccc(Cl)cc1[O][Ti].Cl.Cl. The summed E-state index contributed by atoms with van der Waals surface area (Å²) in [5.74, 6) is 0.861. The van der Waals surface area contributed by atoms with Gasteiger partial charge in [0.15, 0.2) is 0 Å². The Bertz CT molecular complexity index is 310. The average Bonchev–Trinajstić information content (AvgIpc) is 2.01. The van der Waals surface area contributed by atoms with Crippen LogP contribution in [0.4, 0.5) is 0 Å². The van der Waals surface area contributed by atoms with Crippen LogP contribution < -0.4 is 3.32 Å². The van der Waals surface area contributed by atoms with Crippen LogP contribution in [0.15, 0.2) is 18.2 Å². The third-order valence-electron chi connectivity index (χ3n) is 1.86. The Morgan fingerprint density at radius 2 is 1.73 bits per heavy atom. The van der Waals surface area contributed by atoms with Crippen molar-refractivity contribution >= 4 is 36.4 Å². The van der Waals surface area contributed by atoms with E-state index in [4.69, 9.17) is 14.9 Å². The number of halogens is 3. The Hall–Kier alpha value is 0.604. The largest absolute Gasteiger partial charge is 0.147 e. The second-order valence-electron chi connectivity index (χ2n) is 3.99. The van der Waals surface area contributed by atoms with Crippen LogP contribution in [0.3, 0.4) is 0 Å². The smallest absolute Gasteiger partial charge is 0.147 e. The molecule has 0 amide bonds. The summed E-state index contributed by atoms with van der Waals surface area (Å²) in [6, 6.07) is 5.76. The second-order valence-corrected chi connectivity index (χ2v) is 4.75. The van der Waals surface area contributed by atoms with Crippen molar-refractivity contribution in [1.29, 1.82) is 0 Å². The molecule has 0 aliphatic heterocycles. The quantitative estimate of drug-likeness (QED) is 0.702. The topological polar surface area (TPSA) is 9.23 Å². The maximum absolute atomic E-state index is 5.87. The van der Waals surface area contributed by atoms with Crippen LogP contribution in [0.2, 0.25) is 5.02 Å². The average molecular weight is 304 g/mol. The van der Waals surface area contributed by atoms with Gasteiger partial charge in [-0.05, 0) is 0 Å². The Kier molecular flexibility index (Phi) is 8.43. The van der Waals surface area contributed by atoms with E-state index in [1.54, 1.807) is 20.8 Å². The monoisotopic (exact) mass is 303 g/mol. The third kappa shape index (κ3) is 4.97. The molecule has 0 bridgehead atoms. The molecule has 0 N–H and O–H groups in total. The minimum atomic E-state index is 0. The zero-order chi connectivity index (χ0) is 10.1. The first-order chi connectivity index (χ1) is 5.95. The minimum Gasteiger partial charge on any atom is -0.147 e. The molecule has 0 aliphatic rings. The molecule has 5 heteroatoms. The zero-order valence-corrected chi connectivity index (χ0v) is 12.8. The predicted molar refractivity (Wildman–Crippen MR) is 65.3 cm³/mol. The molecule has 0 saturated heterocycles. The first-order valence-electron chi connectivity index (χ1n) is 4.09. The maximum atomic E-state index is 5.87. The molecular weight excluding hydrogens is 290 g/mol. The van der Waals surface area contributed by atoms with E-state index in [1.807, 2.05) is 18.2 Å². The van der Waals surface area contributed by atoms with Gasteiger partial charge in [0, 0.05) is 0 Å². The van der Waals surface area contributed by atoms with Crippen molar-refractivity contribution < 1.29 is 24.1 Å². The minimum absolute atomic E-state index is 0. The van der Waals surface area contributed by atoms with Crippen LogP contribution in [0, 0.1) is 0 Å². The van der Waals surface area contributed by atoms with Gasteiger partial charge in [-0.3, -0.25) is 0 Å². The molecule has 0 saturated carbocycles. The predicted octanol–water partition coefficient (Wildman–Crippen LogP) is 4.32. The van der Waals surface area contributed by atoms with Gasteiger partial charge in [0.05, 0.1) is 0 Å². The summed E-state index contributed by atoms with van der Waals surface area (Å²) in [6.07, 6.45) is 0. The van der Waals surface area contributed by atoms with Crippen molar-refractivity contribution in [2.75, 3.05) is 0 Å². The fraction of sp³-hybridized carbons (Fsp3) is 0.400. The number of benzene rings is 1. The molecule has 0 fully saturated rings. The van der Waals surface area contributed by atoms with Gasteiger partial charge in [-0.1, -0.05) is 0 Å². The van der Waals surface area contributed by atoms with Gasteiger partial charge in [0.2, 0.25) is 0 Å². The van der Waals surface area contributed by atoms with Crippen molar-refractivity contribution in [2.24, 2.45) is 0 Å². The second kappa shape index (κ2) is 7.03.